The monoisotopic (exact) mass is 298 g/mol. The van der Waals surface area contributed by atoms with Crippen LogP contribution in [0.1, 0.15) is 63.8 Å². The lowest BCUT2D eigenvalue weighted by molar-refractivity contribution is 0.0699. The summed E-state index contributed by atoms with van der Waals surface area (Å²) in [5.41, 5.74) is 0.498. The average molecular weight is 298 g/mol. The number of aromatic nitrogens is 1. The number of carboxylic acid groups (broad SMARTS) is 1. The van der Waals surface area contributed by atoms with E-state index in [1.54, 1.807) is 0 Å². The number of hydrogen-bond acceptors (Lipinski definition) is 4. The van der Waals surface area contributed by atoms with E-state index in [1.807, 2.05) is 27.8 Å². The maximum Gasteiger partial charge on any atom is 0.347 e. The van der Waals surface area contributed by atoms with Crippen LogP contribution in [0.2, 0.25) is 0 Å². The van der Waals surface area contributed by atoms with Crippen LogP contribution in [0.4, 0.5) is 5.13 Å². The molecule has 1 aromatic heterocycles. The van der Waals surface area contributed by atoms with E-state index in [0.717, 1.165) is 5.13 Å². The molecule has 1 unspecified atom stereocenters. The van der Waals surface area contributed by atoms with Crippen LogP contribution in [0.15, 0.2) is 0 Å². The Balaban J connectivity index is 3.25. The standard InChI is InChI=1S/C15H26N2O2S/c1-9(14(2,3)4)17(8)13-16-11(15(5,6)7)10(20-13)12(18)19/h9H,1-8H3,(H,18,19). The van der Waals surface area contributed by atoms with Gasteiger partial charge in [-0.1, -0.05) is 52.9 Å². The molecular formula is C15H26N2O2S. The van der Waals surface area contributed by atoms with E-state index in [-0.39, 0.29) is 16.9 Å². The SMILES string of the molecule is CC(N(C)c1nc(C(C)(C)C)c(C(=O)O)s1)C(C)(C)C. The normalized spacial score (nSPS) is 14.2. The predicted octanol–water partition coefficient (Wildman–Crippen LogP) is 4.01. The zero-order valence-electron chi connectivity index (χ0n) is 13.7. The quantitative estimate of drug-likeness (QED) is 0.916. The maximum absolute atomic E-state index is 11.4. The Hall–Kier alpha value is -1.10. The van der Waals surface area contributed by atoms with Gasteiger partial charge < -0.3 is 10.0 Å². The van der Waals surface area contributed by atoms with Gasteiger partial charge in [-0.3, -0.25) is 0 Å². The van der Waals surface area contributed by atoms with Crippen LogP contribution in [-0.2, 0) is 5.41 Å². The molecule has 0 radical (unpaired) electrons. The number of carboxylic acids is 1. The van der Waals surface area contributed by atoms with E-state index in [9.17, 15) is 9.90 Å². The van der Waals surface area contributed by atoms with Crippen molar-refractivity contribution in [2.75, 3.05) is 11.9 Å². The molecule has 0 saturated carbocycles. The lowest BCUT2D eigenvalue weighted by atomic mass is 9.87. The Morgan fingerprint density at radius 3 is 2.05 bits per heavy atom. The van der Waals surface area contributed by atoms with Crippen molar-refractivity contribution in [1.82, 2.24) is 4.98 Å². The highest BCUT2D eigenvalue weighted by Gasteiger charge is 2.31. The van der Waals surface area contributed by atoms with Crippen LogP contribution < -0.4 is 4.90 Å². The third-order valence-electron chi connectivity index (χ3n) is 3.66. The highest BCUT2D eigenvalue weighted by molar-refractivity contribution is 7.17. The number of nitrogens with zero attached hydrogens (tertiary/aromatic N) is 2. The van der Waals surface area contributed by atoms with Crippen LogP contribution in [0.5, 0.6) is 0 Å². The minimum atomic E-state index is -0.893. The van der Waals surface area contributed by atoms with E-state index >= 15 is 0 Å². The zero-order valence-corrected chi connectivity index (χ0v) is 14.6. The first kappa shape index (κ1) is 17.0. The second-order valence-corrected chi connectivity index (χ2v) is 8.36. The molecule has 0 aliphatic carbocycles. The summed E-state index contributed by atoms with van der Waals surface area (Å²) in [7, 11) is 1.98. The zero-order chi connectivity index (χ0) is 15.9. The van der Waals surface area contributed by atoms with E-state index in [0.29, 0.717) is 10.6 Å². The van der Waals surface area contributed by atoms with Gasteiger partial charge in [-0.2, -0.15) is 0 Å². The number of anilines is 1. The van der Waals surface area contributed by atoms with Crippen molar-refractivity contribution in [3.63, 3.8) is 0 Å². The van der Waals surface area contributed by atoms with Crippen molar-refractivity contribution < 1.29 is 9.90 Å². The summed E-state index contributed by atoms with van der Waals surface area (Å²) in [6.07, 6.45) is 0. The molecule has 0 aromatic carbocycles. The molecule has 0 aliphatic heterocycles. The Labute approximate surface area is 125 Å². The number of carbonyl (C=O) groups is 1. The van der Waals surface area contributed by atoms with Crippen molar-refractivity contribution in [2.24, 2.45) is 5.41 Å². The number of hydrogen-bond donors (Lipinski definition) is 1. The lowest BCUT2D eigenvalue weighted by Gasteiger charge is -2.35. The molecule has 0 aliphatic rings. The van der Waals surface area contributed by atoms with Crippen LogP contribution >= 0.6 is 11.3 Å². The Morgan fingerprint density at radius 2 is 1.75 bits per heavy atom. The van der Waals surface area contributed by atoms with Crippen molar-refractivity contribution in [3.8, 4) is 0 Å². The van der Waals surface area contributed by atoms with Gasteiger partial charge in [0.1, 0.15) is 4.88 Å². The minimum Gasteiger partial charge on any atom is -0.477 e. The first-order valence-corrected chi connectivity index (χ1v) is 7.64. The molecule has 0 bridgehead atoms. The summed E-state index contributed by atoms with van der Waals surface area (Å²) in [6, 6.07) is 0.267. The molecule has 1 atom stereocenters. The number of thiazole rings is 1. The molecule has 114 valence electrons. The minimum absolute atomic E-state index is 0.103. The van der Waals surface area contributed by atoms with Crippen LogP contribution in [-0.4, -0.2) is 29.1 Å². The summed E-state index contributed by atoms with van der Waals surface area (Å²) in [5.74, 6) is -0.893. The van der Waals surface area contributed by atoms with Crippen molar-refractivity contribution >= 4 is 22.4 Å². The third-order valence-corrected chi connectivity index (χ3v) is 4.79. The fourth-order valence-electron chi connectivity index (χ4n) is 1.86. The van der Waals surface area contributed by atoms with Crippen molar-refractivity contribution in [1.29, 1.82) is 0 Å². The van der Waals surface area contributed by atoms with Gasteiger partial charge in [0.05, 0.1) is 5.69 Å². The Bertz CT molecular complexity index is 495. The summed E-state index contributed by atoms with van der Waals surface area (Å²) < 4.78 is 0. The second-order valence-electron chi connectivity index (χ2n) is 7.38. The highest BCUT2D eigenvalue weighted by atomic mass is 32.1. The molecular weight excluding hydrogens is 272 g/mol. The molecule has 1 aromatic rings. The molecule has 1 N–H and O–H groups in total. The van der Waals surface area contributed by atoms with Gasteiger partial charge in [-0.15, -0.1) is 0 Å². The molecule has 0 amide bonds. The number of rotatable bonds is 3. The largest absolute Gasteiger partial charge is 0.477 e. The molecule has 0 spiro atoms. The van der Waals surface area contributed by atoms with Gasteiger partial charge in [-0.25, -0.2) is 9.78 Å². The maximum atomic E-state index is 11.4. The fourth-order valence-corrected chi connectivity index (χ4v) is 3.02. The summed E-state index contributed by atoms with van der Waals surface area (Å²) in [4.78, 5) is 18.4. The fraction of sp³-hybridized carbons (Fsp3) is 0.733. The number of aromatic carboxylic acids is 1. The van der Waals surface area contributed by atoms with Gasteiger partial charge in [-0.05, 0) is 12.3 Å². The van der Waals surface area contributed by atoms with Gasteiger partial charge in [0.2, 0.25) is 0 Å². The third kappa shape index (κ3) is 3.51. The summed E-state index contributed by atoms with van der Waals surface area (Å²) in [5, 5.41) is 10.1. The van der Waals surface area contributed by atoms with Gasteiger partial charge in [0, 0.05) is 18.5 Å². The molecule has 5 heteroatoms. The molecule has 1 heterocycles. The Morgan fingerprint density at radius 1 is 1.25 bits per heavy atom. The smallest absolute Gasteiger partial charge is 0.347 e. The van der Waals surface area contributed by atoms with Crippen LogP contribution in [0.3, 0.4) is 0 Å². The lowest BCUT2D eigenvalue weighted by Crippen LogP contribution is -2.39. The molecule has 0 saturated heterocycles. The van der Waals surface area contributed by atoms with Gasteiger partial charge >= 0.3 is 5.97 Å². The molecule has 0 fully saturated rings. The van der Waals surface area contributed by atoms with Crippen molar-refractivity contribution in [2.45, 2.75) is 59.9 Å². The van der Waals surface area contributed by atoms with Crippen molar-refractivity contribution in [3.05, 3.63) is 10.6 Å². The average Bonchev–Trinajstić information content (AvgIpc) is 2.70. The Kier molecular flexibility index (Phi) is 4.54. The summed E-state index contributed by atoms with van der Waals surface area (Å²) in [6.45, 7) is 14.6. The molecule has 20 heavy (non-hydrogen) atoms. The van der Waals surface area contributed by atoms with E-state index in [4.69, 9.17) is 0 Å². The van der Waals surface area contributed by atoms with Crippen LogP contribution in [0, 0.1) is 5.41 Å². The molecule has 4 nitrogen and oxygen atoms in total. The molecule has 1 rings (SSSR count). The van der Waals surface area contributed by atoms with Gasteiger partial charge in [0.25, 0.3) is 0 Å². The topological polar surface area (TPSA) is 53.4 Å². The first-order chi connectivity index (χ1) is 8.85. The second kappa shape index (κ2) is 5.35. The van der Waals surface area contributed by atoms with E-state index < -0.39 is 5.97 Å². The van der Waals surface area contributed by atoms with E-state index in [1.165, 1.54) is 11.3 Å². The highest BCUT2D eigenvalue weighted by Crippen LogP contribution is 2.36. The van der Waals surface area contributed by atoms with E-state index in [2.05, 4.69) is 37.6 Å². The van der Waals surface area contributed by atoms with Crippen LogP contribution in [0.25, 0.3) is 0 Å². The first-order valence-electron chi connectivity index (χ1n) is 6.83. The predicted molar refractivity (Wildman–Crippen MR) is 85.1 cm³/mol. The van der Waals surface area contributed by atoms with Gasteiger partial charge in [0.15, 0.2) is 5.13 Å². The summed E-state index contributed by atoms with van der Waals surface area (Å²) >= 11 is 1.26.